The van der Waals surface area contributed by atoms with Gasteiger partial charge in [-0.15, -0.1) is 6.42 Å². The van der Waals surface area contributed by atoms with Crippen molar-refractivity contribution >= 4 is 11.6 Å². The first-order valence-electron chi connectivity index (χ1n) is 8.59. The minimum atomic E-state index is -1.42. The molecule has 0 aromatic heterocycles. The second-order valence-corrected chi connectivity index (χ2v) is 7.03. The van der Waals surface area contributed by atoms with Gasteiger partial charge in [-0.1, -0.05) is 41.8 Å². The molecule has 0 amide bonds. The Labute approximate surface area is 168 Å². The van der Waals surface area contributed by atoms with Crippen molar-refractivity contribution in [1.29, 1.82) is 0 Å². The lowest BCUT2D eigenvalue weighted by atomic mass is 9.90. The molecule has 1 aliphatic heterocycles. The fourth-order valence-electron chi connectivity index (χ4n) is 3.22. The van der Waals surface area contributed by atoms with Gasteiger partial charge in [0.05, 0.1) is 6.61 Å². The molecule has 28 heavy (non-hydrogen) atoms. The van der Waals surface area contributed by atoms with Crippen LogP contribution in [0.2, 0.25) is 5.02 Å². The van der Waals surface area contributed by atoms with E-state index in [1.54, 1.807) is 18.2 Å². The summed E-state index contributed by atoms with van der Waals surface area (Å²) < 4.78 is 5.62. The van der Waals surface area contributed by atoms with E-state index in [1.165, 1.54) is 0 Å². The molecule has 5 atom stereocenters. The highest BCUT2D eigenvalue weighted by Crippen LogP contribution is 2.34. The van der Waals surface area contributed by atoms with Crippen molar-refractivity contribution < 1.29 is 30.6 Å². The van der Waals surface area contributed by atoms with E-state index in [4.69, 9.17) is 22.8 Å². The second kappa shape index (κ2) is 9.50. The lowest BCUT2D eigenvalue weighted by Crippen LogP contribution is -2.55. The predicted molar refractivity (Wildman–Crippen MR) is 105 cm³/mol. The Morgan fingerprint density at radius 1 is 1.00 bits per heavy atom. The fourth-order valence-corrected chi connectivity index (χ4v) is 3.41. The quantitative estimate of drug-likeness (QED) is 0.554. The first-order valence-corrected chi connectivity index (χ1v) is 8.96. The SMILES string of the molecule is C#Cc1ccc(Cc2cc([C@@H]3O[C@H](CO)[C@@H](O)[C@H](O)[C@H]3O)ccc2Cl)cc1.O. The molecular weight excluding hydrogens is 384 g/mol. The molecular formula is C21H23ClO6. The van der Waals surface area contributed by atoms with E-state index in [2.05, 4.69) is 5.92 Å². The fraction of sp³-hybridized carbons (Fsp3) is 0.333. The average Bonchev–Trinajstić information content (AvgIpc) is 2.69. The van der Waals surface area contributed by atoms with E-state index < -0.39 is 37.1 Å². The lowest BCUT2D eigenvalue weighted by molar-refractivity contribution is -0.231. The molecule has 3 rings (SSSR count). The summed E-state index contributed by atoms with van der Waals surface area (Å²) in [4.78, 5) is 0. The molecule has 2 aromatic carbocycles. The zero-order valence-corrected chi connectivity index (χ0v) is 15.8. The highest BCUT2D eigenvalue weighted by atomic mass is 35.5. The Morgan fingerprint density at radius 3 is 2.29 bits per heavy atom. The number of benzene rings is 2. The first-order chi connectivity index (χ1) is 12.9. The molecule has 150 valence electrons. The van der Waals surface area contributed by atoms with Crippen molar-refractivity contribution in [2.75, 3.05) is 6.61 Å². The van der Waals surface area contributed by atoms with E-state index in [0.29, 0.717) is 17.0 Å². The molecule has 0 aliphatic carbocycles. The van der Waals surface area contributed by atoms with Crippen LogP contribution in [0, 0.1) is 12.3 Å². The van der Waals surface area contributed by atoms with Gasteiger partial charge in [-0.05, 0) is 41.3 Å². The Hall–Kier alpha value is -1.95. The second-order valence-electron chi connectivity index (χ2n) is 6.62. The summed E-state index contributed by atoms with van der Waals surface area (Å²) >= 11 is 6.32. The monoisotopic (exact) mass is 406 g/mol. The van der Waals surface area contributed by atoms with Crippen molar-refractivity contribution in [3.8, 4) is 12.3 Å². The van der Waals surface area contributed by atoms with E-state index in [0.717, 1.165) is 16.7 Å². The molecule has 0 saturated carbocycles. The van der Waals surface area contributed by atoms with Gasteiger partial charge >= 0.3 is 0 Å². The predicted octanol–water partition coefficient (Wildman–Crippen LogP) is 0.602. The standard InChI is InChI=1S/C21H21ClO5.H2O/c1-2-12-3-5-13(6-4-12)9-15-10-14(7-8-16(15)22)21-20(26)19(25)18(24)17(11-23)27-21;/h1,3-8,10,17-21,23-26H,9,11H2;1H2/t17-,18-,19+,20-,21+;/m1./s1. The topological polar surface area (TPSA) is 122 Å². The van der Waals surface area contributed by atoms with Crippen molar-refractivity contribution in [3.63, 3.8) is 0 Å². The number of halogens is 1. The van der Waals surface area contributed by atoms with Gasteiger partial charge in [0, 0.05) is 10.6 Å². The first kappa shape index (κ1) is 22.3. The minimum Gasteiger partial charge on any atom is -0.412 e. The largest absolute Gasteiger partial charge is 0.412 e. The van der Waals surface area contributed by atoms with Crippen LogP contribution in [0.3, 0.4) is 0 Å². The van der Waals surface area contributed by atoms with Crippen LogP contribution in [-0.4, -0.2) is 56.9 Å². The minimum absolute atomic E-state index is 0. The molecule has 6 N–H and O–H groups in total. The maximum Gasteiger partial charge on any atom is 0.113 e. The van der Waals surface area contributed by atoms with Gasteiger partial charge in [0.2, 0.25) is 0 Å². The Bertz CT molecular complexity index is 830. The van der Waals surface area contributed by atoms with Crippen LogP contribution in [0.5, 0.6) is 0 Å². The average molecular weight is 407 g/mol. The number of hydrogen-bond donors (Lipinski definition) is 4. The van der Waals surface area contributed by atoms with Gasteiger partial charge in [-0.3, -0.25) is 0 Å². The normalized spacial score (nSPS) is 26.9. The third-order valence-corrected chi connectivity index (χ3v) is 5.17. The summed E-state index contributed by atoms with van der Waals surface area (Å²) in [5.74, 6) is 2.57. The van der Waals surface area contributed by atoms with Gasteiger partial charge < -0.3 is 30.6 Å². The number of aliphatic hydroxyl groups is 4. The molecule has 7 heteroatoms. The Balaban J connectivity index is 0.00000280. The zero-order valence-electron chi connectivity index (χ0n) is 15.0. The Kier molecular flexibility index (Phi) is 7.58. The number of terminal acetylenes is 1. The van der Waals surface area contributed by atoms with Crippen molar-refractivity contribution in [2.45, 2.75) is 36.9 Å². The smallest absolute Gasteiger partial charge is 0.113 e. The third kappa shape index (κ3) is 4.54. The number of hydrogen-bond acceptors (Lipinski definition) is 5. The summed E-state index contributed by atoms with van der Waals surface area (Å²) in [7, 11) is 0. The van der Waals surface area contributed by atoms with Crippen LogP contribution in [0.25, 0.3) is 0 Å². The van der Waals surface area contributed by atoms with E-state index in [-0.39, 0.29) is 5.48 Å². The molecule has 1 heterocycles. The van der Waals surface area contributed by atoms with Gasteiger partial charge in [-0.2, -0.15) is 0 Å². The molecule has 0 unspecified atom stereocenters. The van der Waals surface area contributed by atoms with Crippen molar-refractivity contribution in [1.82, 2.24) is 0 Å². The summed E-state index contributed by atoms with van der Waals surface area (Å²) in [5.41, 5.74) is 3.23. The molecule has 0 radical (unpaired) electrons. The van der Waals surface area contributed by atoms with Crippen LogP contribution >= 0.6 is 11.6 Å². The van der Waals surface area contributed by atoms with Crippen LogP contribution < -0.4 is 0 Å². The van der Waals surface area contributed by atoms with Crippen LogP contribution in [0.4, 0.5) is 0 Å². The molecule has 6 nitrogen and oxygen atoms in total. The molecule has 1 fully saturated rings. The van der Waals surface area contributed by atoms with E-state index in [1.807, 2.05) is 24.3 Å². The maximum atomic E-state index is 10.3. The Morgan fingerprint density at radius 2 is 1.68 bits per heavy atom. The highest BCUT2D eigenvalue weighted by Gasteiger charge is 2.43. The van der Waals surface area contributed by atoms with Crippen LogP contribution in [0.1, 0.15) is 28.4 Å². The van der Waals surface area contributed by atoms with E-state index in [9.17, 15) is 20.4 Å². The summed E-state index contributed by atoms with van der Waals surface area (Å²) in [6.07, 6.45) is -0.0554. The third-order valence-electron chi connectivity index (χ3n) is 4.81. The lowest BCUT2D eigenvalue weighted by Gasteiger charge is -2.40. The molecule has 1 saturated heterocycles. The van der Waals surface area contributed by atoms with Gasteiger partial charge in [-0.25, -0.2) is 0 Å². The summed E-state index contributed by atoms with van der Waals surface area (Å²) in [6.45, 7) is -0.469. The van der Waals surface area contributed by atoms with Gasteiger partial charge in [0.15, 0.2) is 0 Å². The van der Waals surface area contributed by atoms with Crippen LogP contribution in [-0.2, 0) is 11.2 Å². The van der Waals surface area contributed by atoms with Gasteiger partial charge in [0.1, 0.15) is 30.5 Å². The summed E-state index contributed by atoms with van der Waals surface area (Å²) in [6, 6.07) is 12.7. The molecule has 0 bridgehead atoms. The molecule has 1 aliphatic rings. The number of aliphatic hydroxyl groups excluding tert-OH is 4. The summed E-state index contributed by atoms with van der Waals surface area (Å²) in [5, 5.41) is 40.2. The van der Waals surface area contributed by atoms with Crippen molar-refractivity contribution in [2.24, 2.45) is 0 Å². The highest BCUT2D eigenvalue weighted by molar-refractivity contribution is 6.31. The zero-order chi connectivity index (χ0) is 19.6. The molecule has 0 spiro atoms. The van der Waals surface area contributed by atoms with Crippen molar-refractivity contribution in [3.05, 3.63) is 69.7 Å². The number of rotatable bonds is 4. The van der Waals surface area contributed by atoms with Crippen LogP contribution in [0.15, 0.2) is 42.5 Å². The van der Waals surface area contributed by atoms with E-state index >= 15 is 0 Å². The number of ether oxygens (including phenoxy) is 1. The maximum absolute atomic E-state index is 10.3. The molecule has 2 aromatic rings. The van der Waals surface area contributed by atoms with Gasteiger partial charge in [0.25, 0.3) is 0 Å².